The second-order valence-electron chi connectivity index (χ2n) is 5.17. The first-order valence-electron chi connectivity index (χ1n) is 7.40. The Morgan fingerprint density at radius 2 is 1.75 bits per heavy atom. The molecule has 1 aromatic carbocycles. The Hall–Kier alpha value is -0.360. The molecular weight excluding hydrogens is 288 g/mol. The van der Waals surface area contributed by atoms with E-state index in [9.17, 15) is 0 Å². The number of hydrogen-bond acceptors (Lipinski definition) is 5. The Balaban J connectivity index is 2.24. The van der Waals surface area contributed by atoms with Crippen LogP contribution in [0.4, 0.5) is 5.69 Å². The summed E-state index contributed by atoms with van der Waals surface area (Å²) in [6.45, 7) is 14.0. The zero-order valence-corrected chi connectivity index (χ0v) is 14.6. The van der Waals surface area contributed by atoms with E-state index in [1.807, 2.05) is 0 Å². The molecule has 3 nitrogen and oxygen atoms in total. The van der Waals surface area contributed by atoms with Crippen molar-refractivity contribution in [2.75, 3.05) is 44.7 Å². The lowest BCUT2D eigenvalue weighted by atomic mass is 9.97. The van der Waals surface area contributed by atoms with Gasteiger partial charge in [0.25, 0.3) is 0 Å². The van der Waals surface area contributed by atoms with Gasteiger partial charge in [0.15, 0.2) is 0 Å². The van der Waals surface area contributed by atoms with E-state index in [2.05, 4.69) is 37.9 Å². The molecule has 1 rings (SSSR count). The summed E-state index contributed by atoms with van der Waals surface area (Å²) in [6.07, 6.45) is 0. The van der Waals surface area contributed by atoms with E-state index >= 15 is 0 Å². The highest BCUT2D eigenvalue weighted by atomic mass is 32.1. The van der Waals surface area contributed by atoms with E-state index in [1.165, 1.54) is 5.56 Å². The fourth-order valence-electron chi connectivity index (χ4n) is 2.22. The molecule has 114 valence electrons. The zero-order chi connectivity index (χ0) is 15.1. The minimum atomic E-state index is 0.431. The van der Waals surface area contributed by atoms with Crippen molar-refractivity contribution in [3.8, 4) is 0 Å². The van der Waals surface area contributed by atoms with Crippen LogP contribution in [0.25, 0.3) is 0 Å². The normalized spacial score (nSPS) is 11.7. The second kappa shape index (κ2) is 8.82. The monoisotopic (exact) mass is 314 g/mol. The van der Waals surface area contributed by atoms with E-state index in [0.717, 1.165) is 47.5 Å². The molecule has 5 heteroatoms. The van der Waals surface area contributed by atoms with E-state index < -0.39 is 0 Å². The van der Waals surface area contributed by atoms with Crippen LogP contribution < -0.4 is 5.32 Å². The predicted octanol–water partition coefficient (Wildman–Crippen LogP) is 3.91. The van der Waals surface area contributed by atoms with Crippen LogP contribution in [0, 0.1) is 9.02 Å². The van der Waals surface area contributed by atoms with Crippen molar-refractivity contribution in [2.45, 2.75) is 33.6 Å². The summed E-state index contributed by atoms with van der Waals surface area (Å²) in [5, 5.41) is 3.36. The number of rotatable bonds is 10. The summed E-state index contributed by atoms with van der Waals surface area (Å²) in [5.74, 6) is 0.431. The smallest absolute Gasteiger partial charge is 0.0796 e. The van der Waals surface area contributed by atoms with Crippen LogP contribution in [0.15, 0.2) is 0 Å². The van der Waals surface area contributed by atoms with Gasteiger partial charge in [0.1, 0.15) is 0 Å². The van der Waals surface area contributed by atoms with Crippen molar-refractivity contribution in [1.82, 2.24) is 4.90 Å². The molecule has 0 aliphatic carbocycles. The van der Waals surface area contributed by atoms with Crippen LogP contribution >= 0.6 is 24.4 Å². The lowest BCUT2D eigenvalue weighted by Crippen LogP contribution is -2.27. The number of ether oxygens (including phenoxy) is 1. The summed E-state index contributed by atoms with van der Waals surface area (Å²) < 4.78 is 7.31. The lowest BCUT2D eigenvalue weighted by Gasteiger charge is -2.20. The number of likely N-dealkylation sites (N-methyl/N-ethyl adjacent to an activating group) is 1. The highest BCUT2D eigenvalue weighted by Crippen LogP contribution is 2.32. The summed E-state index contributed by atoms with van der Waals surface area (Å²) in [4.78, 5) is 2.35. The molecule has 0 aliphatic heterocycles. The Bertz CT molecular complexity index is 474. The standard InChI is InChI=1S/C15H26N2OS2/c1-5-17(6-2)8-10-18-9-7-16-13-12(11(3)4)14(19)15(13)20/h11,16H,5-10H2,1-4H3. The van der Waals surface area contributed by atoms with Gasteiger partial charge in [-0.1, -0.05) is 52.1 Å². The average molecular weight is 315 g/mol. The van der Waals surface area contributed by atoms with Gasteiger partial charge in [-0.15, -0.1) is 0 Å². The van der Waals surface area contributed by atoms with Crippen molar-refractivity contribution in [3.63, 3.8) is 0 Å². The van der Waals surface area contributed by atoms with E-state index in [4.69, 9.17) is 29.2 Å². The van der Waals surface area contributed by atoms with Gasteiger partial charge in [-0.25, -0.2) is 0 Å². The molecule has 0 unspecified atom stereocenters. The molecule has 0 saturated heterocycles. The van der Waals surface area contributed by atoms with Crippen molar-refractivity contribution in [1.29, 1.82) is 0 Å². The van der Waals surface area contributed by atoms with Gasteiger partial charge in [0.2, 0.25) is 0 Å². The van der Waals surface area contributed by atoms with E-state index in [0.29, 0.717) is 12.5 Å². The fourth-order valence-corrected chi connectivity index (χ4v) is 2.95. The maximum Gasteiger partial charge on any atom is 0.0796 e. The van der Waals surface area contributed by atoms with Crippen LogP contribution in [0.5, 0.6) is 0 Å². The lowest BCUT2D eigenvalue weighted by molar-refractivity contribution is 0.114. The third-order valence-electron chi connectivity index (χ3n) is 3.52. The molecule has 1 aromatic rings. The number of anilines is 1. The van der Waals surface area contributed by atoms with Crippen LogP contribution in [-0.4, -0.2) is 44.3 Å². The third kappa shape index (κ3) is 4.58. The van der Waals surface area contributed by atoms with Gasteiger partial charge in [0.05, 0.1) is 27.9 Å². The van der Waals surface area contributed by atoms with Gasteiger partial charge >= 0.3 is 0 Å². The van der Waals surface area contributed by atoms with Crippen LogP contribution in [0.2, 0.25) is 0 Å². The minimum Gasteiger partial charge on any atom is -0.381 e. The molecule has 0 amide bonds. The number of nitrogens with zero attached hydrogens (tertiary/aromatic N) is 1. The molecule has 0 radical (unpaired) electrons. The molecule has 0 fully saturated rings. The van der Waals surface area contributed by atoms with Crippen molar-refractivity contribution in [3.05, 3.63) is 14.6 Å². The SMILES string of the molecule is CCN(CC)CCOCCNc1c(C(C)C)c(=S)c1=S. The molecule has 0 spiro atoms. The largest absolute Gasteiger partial charge is 0.381 e. The molecule has 0 atom stereocenters. The molecule has 1 N–H and O–H groups in total. The van der Waals surface area contributed by atoms with Crippen molar-refractivity contribution >= 4 is 30.1 Å². The highest BCUT2D eigenvalue weighted by Gasteiger charge is 2.16. The third-order valence-corrected chi connectivity index (χ3v) is 4.48. The highest BCUT2D eigenvalue weighted by molar-refractivity contribution is 7.74. The molecule has 0 aliphatic rings. The van der Waals surface area contributed by atoms with Gasteiger partial charge in [-0.2, -0.15) is 0 Å². The van der Waals surface area contributed by atoms with Gasteiger partial charge in [0, 0.05) is 13.1 Å². The van der Waals surface area contributed by atoms with Gasteiger partial charge in [-0.3, -0.25) is 0 Å². The average Bonchev–Trinajstić information content (AvgIpc) is 2.44. The van der Waals surface area contributed by atoms with Crippen LogP contribution in [-0.2, 0) is 4.74 Å². The van der Waals surface area contributed by atoms with Crippen molar-refractivity contribution < 1.29 is 4.74 Å². The summed E-state index contributed by atoms with van der Waals surface area (Å²) in [6, 6.07) is 0. The number of nitrogens with one attached hydrogen (secondary N) is 1. The first kappa shape index (κ1) is 17.7. The molecule has 0 heterocycles. The Morgan fingerprint density at radius 1 is 1.10 bits per heavy atom. The Morgan fingerprint density at radius 3 is 2.30 bits per heavy atom. The Labute approximate surface area is 133 Å². The first-order chi connectivity index (χ1) is 9.52. The first-order valence-corrected chi connectivity index (χ1v) is 8.21. The molecule has 0 aromatic heterocycles. The second-order valence-corrected chi connectivity index (χ2v) is 5.98. The predicted molar refractivity (Wildman–Crippen MR) is 91.7 cm³/mol. The quantitative estimate of drug-likeness (QED) is 0.521. The van der Waals surface area contributed by atoms with Gasteiger partial charge < -0.3 is 15.0 Å². The topological polar surface area (TPSA) is 24.5 Å². The van der Waals surface area contributed by atoms with Gasteiger partial charge in [-0.05, 0) is 24.6 Å². The minimum absolute atomic E-state index is 0.431. The van der Waals surface area contributed by atoms with Crippen LogP contribution in [0.3, 0.4) is 0 Å². The van der Waals surface area contributed by atoms with E-state index in [-0.39, 0.29) is 0 Å². The molecule has 20 heavy (non-hydrogen) atoms. The molecular formula is C15H26N2OS2. The Kier molecular flexibility index (Phi) is 7.80. The summed E-state index contributed by atoms with van der Waals surface area (Å²) in [5.41, 5.74) is 2.26. The zero-order valence-electron chi connectivity index (χ0n) is 13.0. The molecule has 0 bridgehead atoms. The maximum absolute atomic E-state index is 5.64. The summed E-state index contributed by atoms with van der Waals surface area (Å²) >= 11 is 10.6. The maximum atomic E-state index is 5.64. The fraction of sp³-hybridized carbons (Fsp3) is 0.733. The summed E-state index contributed by atoms with van der Waals surface area (Å²) in [7, 11) is 0. The van der Waals surface area contributed by atoms with E-state index in [1.54, 1.807) is 0 Å². The van der Waals surface area contributed by atoms with Crippen LogP contribution in [0.1, 0.15) is 39.2 Å². The van der Waals surface area contributed by atoms with Crippen molar-refractivity contribution in [2.24, 2.45) is 0 Å². The number of hydrogen-bond donors (Lipinski definition) is 1. The molecule has 0 saturated carbocycles.